The molecule has 2 amide bonds. The van der Waals surface area contributed by atoms with Gasteiger partial charge in [-0.2, -0.15) is 0 Å². The lowest BCUT2D eigenvalue weighted by Gasteiger charge is -2.33. The molecule has 0 bridgehead atoms. The van der Waals surface area contributed by atoms with Gasteiger partial charge in [0.05, 0.1) is 11.9 Å². The van der Waals surface area contributed by atoms with Crippen molar-refractivity contribution >= 4 is 27.5 Å². The first kappa shape index (κ1) is 26.3. The minimum atomic E-state index is -3.77. The topological polar surface area (TPSA) is 86.8 Å². The van der Waals surface area contributed by atoms with E-state index in [0.717, 1.165) is 22.5 Å². The summed E-state index contributed by atoms with van der Waals surface area (Å²) < 4.78 is 39.4. The zero-order valence-electron chi connectivity index (χ0n) is 19.5. The first-order valence-electron chi connectivity index (χ1n) is 10.9. The normalized spacial score (nSPS) is 12.2. The summed E-state index contributed by atoms with van der Waals surface area (Å²) in [5.41, 5.74) is 1.95. The van der Waals surface area contributed by atoms with Crippen molar-refractivity contribution in [2.45, 2.75) is 46.2 Å². The van der Waals surface area contributed by atoms with Crippen molar-refractivity contribution in [2.75, 3.05) is 23.7 Å². The Balaban J connectivity index is 2.39. The van der Waals surface area contributed by atoms with Crippen molar-refractivity contribution in [1.29, 1.82) is 0 Å². The van der Waals surface area contributed by atoms with E-state index in [4.69, 9.17) is 0 Å². The van der Waals surface area contributed by atoms with Gasteiger partial charge in [-0.3, -0.25) is 13.9 Å². The van der Waals surface area contributed by atoms with E-state index in [9.17, 15) is 22.4 Å². The van der Waals surface area contributed by atoms with Crippen molar-refractivity contribution in [2.24, 2.45) is 0 Å². The highest BCUT2D eigenvalue weighted by atomic mass is 32.2. The van der Waals surface area contributed by atoms with Crippen molar-refractivity contribution in [3.8, 4) is 0 Å². The lowest BCUT2D eigenvalue weighted by Crippen LogP contribution is -2.52. The largest absolute Gasteiger partial charge is 0.354 e. The van der Waals surface area contributed by atoms with E-state index in [0.29, 0.717) is 24.2 Å². The summed E-state index contributed by atoms with van der Waals surface area (Å²) >= 11 is 0. The molecule has 0 radical (unpaired) electrons. The van der Waals surface area contributed by atoms with Gasteiger partial charge >= 0.3 is 0 Å². The number of benzene rings is 2. The Bertz CT molecular complexity index is 1040. The predicted molar refractivity (Wildman–Crippen MR) is 128 cm³/mol. The van der Waals surface area contributed by atoms with Crippen molar-refractivity contribution in [3.63, 3.8) is 0 Å². The molecule has 1 atom stereocenters. The van der Waals surface area contributed by atoms with Crippen LogP contribution in [-0.4, -0.2) is 50.5 Å². The molecule has 0 saturated heterocycles. The Morgan fingerprint density at radius 1 is 1.03 bits per heavy atom. The maximum Gasteiger partial charge on any atom is 0.244 e. The summed E-state index contributed by atoms with van der Waals surface area (Å²) in [6, 6.07) is 11.7. The SMILES string of the molecule is CCCNC(=O)[C@H](CC)N(Cc1ccc(F)cc1)C(=O)CN(c1ccc(C)cc1)S(C)(=O)=O. The van der Waals surface area contributed by atoms with Crippen LogP contribution in [0.5, 0.6) is 0 Å². The number of nitrogens with zero attached hydrogens (tertiary/aromatic N) is 2. The Morgan fingerprint density at radius 3 is 2.15 bits per heavy atom. The van der Waals surface area contributed by atoms with Gasteiger partial charge in [-0.1, -0.05) is 43.7 Å². The van der Waals surface area contributed by atoms with Gasteiger partial charge in [0, 0.05) is 13.1 Å². The van der Waals surface area contributed by atoms with Crippen LogP contribution in [0.2, 0.25) is 0 Å². The molecule has 0 saturated carbocycles. The number of anilines is 1. The molecule has 2 aromatic carbocycles. The molecule has 1 N–H and O–H groups in total. The number of hydrogen-bond acceptors (Lipinski definition) is 4. The third kappa shape index (κ3) is 7.56. The van der Waals surface area contributed by atoms with Gasteiger partial charge in [-0.25, -0.2) is 12.8 Å². The van der Waals surface area contributed by atoms with Crippen LogP contribution in [0.1, 0.15) is 37.8 Å². The van der Waals surface area contributed by atoms with Crippen molar-refractivity contribution < 1.29 is 22.4 Å². The standard InChI is InChI=1S/C24H32FN3O4S/c1-5-15-26-24(30)22(6-2)27(16-19-9-11-20(25)12-10-19)23(29)17-28(33(4,31)32)21-13-7-18(3)8-14-21/h7-14,22H,5-6,15-17H2,1-4H3,(H,26,30)/t22-/m0/s1. The summed E-state index contributed by atoms with van der Waals surface area (Å²) in [7, 11) is -3.77. The highest BCUT2D eigenvalue weighted by Gasteiger charge is 2.31. The van der Waals surface area contributed by atoms with Crippen LogP contribution < -0.4 is 9.62 Å². The fourth-order valence-corrected chi connectivity index (χ4v) is 4.25. The van der Waals surface area contributed by atoms with Gasteiger partial charge in [0.25, 0.3) is 0 Å². The summed E-state index contributed by atoms with van der Waals surface area (Å²) in [6.45, 7) is 5.64. The molecule has 33 heavy (non-hydrogen) atoms. The molecule has 2 aromatic rings. The molecule has 2 rings (SSSR count). The Hall–Kier alpha value is -2.94. The fraction of sp³-hybridized carbons (Fsp3) is 0.417. The number of carbonyl (C=O) groups excluding carboxylic acids is 2. The van der Waals surface area contributed by atoms with Crippen LogP contribution >= 0.6 is 0 Å². The third-order valence-corrected chi connectivity index (χ3v) is 6.34. The number of amides is 2. The number of halogens is 1. The Morgan fingerprint density at radius 2 is 1.64 bits per heavy atom. The molecule has 0 spiro atoms. The molecule has 0 aliphatic rings. The van der Waals surface area contributed by atoms with E-state index in [1.807, 2.05) is 13.8 Å². The Labute approximate surface area is 195 Å². The van der Waals surface area contributed by atoms with E-state index < -0.39 is 34.3 Å². The van der Waals surface area contributed by atoms with Crippen LogP contribution in [0, 0.1) is 12.7 Å². The summed E-state index contributed by atoms with van der Waals surface area (Å²) in [5, 5.41) is 2.81. The molecule has 0 aliphatic carbocycles. The minimum absolute atomic E-state index is 0.0443. The quantitative estimate of drug-likeness (QED) is 0.538. The van der Waals surface area contributed by atoms with Gasteiger partial charge in [0.1, 0.15) is 18.4 Å². The molecule has 0 aromatic heterocycles. The van der Waals surface area contributed by atoms with Gasteiger partial charge < -0.3 is 10.2 Å². The van der Waals surface area contributed by atoms with E-state index >= 15 is 0 Å². The zero-order chi connectivity index (χ0) is 24.6. The van der Waals surface area contributed by atoms with Crippen molar-refractivity contribution in [1.82, 2.24) is 10.2 Å². The first-order valence-corrected chi connectivity index (χ1v) is 12.8. The minimum Gasteiger partial charge on any atom is -0.354 e. The molecule has 0 unspecified atom stereocenters. The number of carbonyl (C=O) groups is 2. The van der Waals surface area contributed by atoms with E-state index in [2.05, 4.69) is 5.32 Å². The summed E-state index contributed by atoms with van der Waals surface area (Å²) in [4.78, 5) is 27.6. The zero-order valence-corrected chi connectivity index (χ0v) is 20.4. The second-order valence-electron chi connectivity index (χ2n) is 7.97. The first-order chi connectivity index (χ1) is 15.6. The molecular weight excluding hydrogens is 445 g/mol. The molecule has 0 aliphatic heterocycles. The second kappa shape index (κ2) is 11.8. The van der Waals surface area contributed by atoms with E-state index in [1.54, 1.807) is 43.3 Å². The van der Waals surface area contributed by atoms with Crippen LogP contribution in [0.25, 0.3) is 0 Å². The average Bonchev–Trinajstić information content (AvgIpc) is 2.77. The predicted octanol–water partition coefficient (Wildman–Crippen LogP) is 3.23. The lowest BCUT2D eigenvalue weighted by molar-refractivity contribution is -0.140. The van der Waals surface area contributed by atoms with Crippen LogP contribution in [0.4, 0.5) is 10.1 Å². The molecular formula is C24H32FN3O4S. The van der Waals surface area contributed by atoms with E-state index in [-0.39, 0.29) is 12.5 Å². The lowest BCUT2D eigenvalue weighted by atomic mass is 10.1. The highest BCUT2D eigenvalue weighted by molar-refractivity contribution is 7.92. The number of sulfonamides is 1. The van der Waals surface area contributed by atoms with Gasteiger partial charge in [-0.05, 0) is 49.6 Å². The molecule has 7 nitrogen and oxygen atoms in total. The molecule has 0 heterocycles. The fourth-order valence-electron chi connectivity index (χ4n) is 3.40. The van der Waals surface area contributed by atoms with E-state index in [1.165, 1.54) is 17.0 Å². The second-order valence-corrected chi connectivity index (χ2v) is 9.88. The molecule has 9 heteroatoms. The van der Waals surface area contributed by atoms with Crippen LogP contribution in [0.3, 0.4) is 0 Å². The number of nitrogens with one attached hydrogen (secondary N) is 1. The van der Waals surface area contributed by atoms with Crippen LogP contribution in [0.15, 0.2) is 48.5 Å². The monoisotopic (exact) mass is 477 g/mol. The number of rotatable bonds is 11. The summed E-state index contributed by atoms with van der Waals surface area (Å²) in [6.07, 6.45) is 2.12. The average molecular weight is 478 g/mol. The maximum absolute atomic E-state index is 13.5. The third-order valence-electron chi connectivity index (χ3n) is 5.20. The van der Waals surface area contributed by atoms with Gasteiger partial charge in [0.15, 0.2) is 0 Å². The maximum atomic E-state index is 13.5. The summed E-state index contributed by atoms with van der Waals surface area (Å²) in [5.74, 6) is -1.24. The highest BCUT2D eigenvalue weighted by Crippen LogP contribution is 2.20. The number of hydrogen-bond donors (Lipinski definition) is 1. The molecule has 0 fully saturated rings. The van der Waals surface area contributed by atoms with Gasteiger partial charge in [0.2, 0.25) is 21.8 Å². The molecule has 180 valence electrons. The Kier molecular flexibility index (Phi) is 9.40. The van der Waals surface area contributed by atoms with Crippen molar-refractivity contribution in [3.05, 3.63) is 65.5 Å². The van der Waals surface area contributed by atoms with Crippen LogP contribution in [-0.2, 0) is 26.2 Å². The van der Waals surface area contributed by atoms with Gasteiger partial charge in [-0.15, -0.1) is 0 Å². The number of aryl methyl sites for hydroxylation is 1. The smallest absolute Gasteiger partial charge is 0.244 e.